The van der Waals surface area contributed by atoms with Crippen LogP contribution >= 0.6 is 0 Å². The summed E-state index contributed by atoms with van der Waals surface area (Å²) >= 11 is 0. The van der Waals surface area contributed by atoms with E-state index in [1.165, 1.54) is 9.58 Å². The van der Waals surface area contributed by atoms with Gasteiger partial charge in [0.25, 0.3) is 11.5 Å². The summed E-state index contributed by atoms with van der Waals surface area (Å²) in [6.45, 7) is 0.357. The van der Waals surface area contributed by atoms with Crippen LogP contribution in [0.3, 0.4) is 0 Å². The summed E-state index contributed by atoms with van der Waals surface area (Å²) in [5, 5.41) is 14.3. The maximum absolute atomic E-state index is 12.9. The van der Waals surface area contributed by atoms with Gasteiger partial charge in [-0.1, -0.05) is 36.4 Å². The zero-order chi connectivity index (χ0) is 18.3. The molecule has 1 amide bonds. The van der Waals surface area contributed by atoms with E-state index in [4.69, 9.17) is 0 Å². The number of aromatic nitrogens is 2. The Morgan fingerprint density at radius 1 is 1.00 bits per heavy atom. The molecule has 1 aliphatic rings. The molecule has 1 atom stereocenters. The lowest BCUT2D eigenvalue weighted by Gasteiger charge is -2.37. The van der Waals surface area contributed by atoms with Gasteiger partial charge in [-0.3, -0.25) is 9.59 Å². The van der Waals surface area contributed by atoms with Crippen LogP contribution in [0.2, 0.25) is 0 Å². The second-order valence-electron chi connectivity index (χ2n) is 6.09. The Labute approximate surface area is 148 Å². The minimum atomic E-state index is -1.04. The summed E-state index contributed by atoms with van der Waals surface area (Å²) in [5.41, 5.74) is 0.285. The van der Waals surface area contributed by atoms with Crippen molar-refractivity contribution in [3.63, 3.8) is 0 Å². The van der Waals surface area contributed by atoms with E-state index >= 15 is 0 Å². The number of likely N-dealkylation sites (tertiary alicyclic amines) is 1. The molecule has 1 saturated heterocycles. The van der Waals surface area contributed by atoms with Crippen LogP contribution in [0.15, 0.2) is 59.4 Å². The van der Waals surface area contributed by atoms with Crippen molar-refractivity contribution in [1.29, 1.82) is 0 Å². The van der Waals surface area contributed by atoms with Gasteiger partial charge in [0.1, 0.15) is 6.04 Å². The number of fused-ring (bicyclic) bond motifs is 1. The maximum atomic E-state index is 12.9. The minimum absolute atomic E-state index is 0.0787. The number of para-hydroxylation sites is 1. The number of carboxylic acid groups (broad SMARTS) is 1. The molecule has 0 radical (unpaired) electrons. The van der Waals surface area contributed by atoms with E-state index in [1.54, 1.807) is 48.5 Å². The van der Waals surface area contributed by atoms with Crippen molar-refractivity contribution in [3.8, 4) is 5.69 Å². The minimum Gasteiger partial charge on any atom is -0.480 e. The molecule has 1 aliphatic heterocycles. The van der Waals surface area contributed by atoms with E-state index in [-0.39, 0.29) is 11.3 Å². The number of hydrogen-bond acceptors (Lipinski definition) is 4. The molecule has 1 N–H and O–H groups in total. The van der Waals surface area contributed by atoms with Crippen molar-refractivity contribution in [3.05, 3.63) is 70.6 Å². The molecule has 0 saturated carbocycles. The van der Waals surface area contributed by atoms with Gasteiger partial charge in [-0.2, -0.15) is 9.78 Å². The van der Waals surface area contributed by atoms with E-state index < -0.39 is 17.9 Å². The first-order chi connectivity index (χ1) is 12.6. The van der Waals surface area contributed by atoms with Crippen LogP contribution in [-0.2, 0) is 4.79 Å². The normalized spacial score (nSPS) is 16.3. The first-order valence-corrected chi connectivity index (χ1v) is 8.19. The molecule has 7 heteroatoms. The average Bonchev–Trinajstić information content (AvgIpc) is 2.61. The monoisotopic (exact) mass is 349 g/mol. The molecule has 130 valence electrons. The Morgan fingerprint density at radius 3 is 2.27 bits per heavy atom. The lowest BCUT2D eigenvalue weighted by atomic mass is 10.0. The summed E-state index contributed by atoms with van der Waals surface area (Å²) in [5.74, 6) is -1.52. The quantitative estimate of drug-likeness (QED) is 0.777. The number of carboxylic acids is 1. The van der Waals surface area contributed by atoms with Crippen molar-refractivity contribution < 1.29 is 14.7 Å². The molecule has 3 aromatic rings. The fraction of sp³-hybridized carbons (Fsp3) is 0.158. The fourth-order valence-corrected chi connectivity index (χ4v) is 3.11. The topological polar surface area (TPSA) is 92.5 Å². The van der Waals surface area contributed by atoms with Gasteiger partial charge in [-0.05, 0) is 24.6 Å². The second kappa shape index (κ2) is 6.11. The van der Waals surface area contributed by atoms with Gasteiger partial charge >= 0.3 is 5.97 Å². The zero-order valence-corrected chi connectivity index (χ0v) is 13.7. The first-order valence-electron chi connectivity index (χ1n) is 8.19. The zero-order valence-electron chi connectivity index (χ0n) is 13.7. The lowest BCUT2D eigenvalue weighted by molar-refractivity contribution is -0.146. The molecule has 26 heavy (non-hydrogen) atoms. The molecule has 1 fully saturated rings. The van der Waals surface area contributed by atoms with Gasteiger partial charge in [-0.25, -0.2) is 4.79 Å². The molecule has 0 bridgehead atoms. The smallest absolute Gasteiger partial charge is 0.326 e. The average molecular weight is 349 g/mol. The van der Waals surface area contributed by atoms with Crippen LogP contribution in [-0.4, -0.2) is 44.3 Å². The molecule has 2 aromatic carbocycles. The largest absolute Gasteiger partial charge is 0.480 e. The van der Waals surface area contributed by atoms with Crippen molar-refractivity contribution in [2.75, 3.05) is 6.54 Å². The predicted octanol–water partition coefficient (Wildman–Crippen LogP) is 1.68. The van der Waals surface area contributed by atoms with Crippen LogP contribution in [0.25, 0.3) is 16.5 Å². The van der Waals surface area contributed by atoms with E-state index in [0.29, 0.717) is 29.4 Å². The van der Waals surface area contributed by atoms with Crippen LogP contribution in [0, 0.1) is 0 Å². The lowest BCUT2D eigenvalue weighted by Crippen LogP contribution is -2.55. The summed E-state index contributed by atoms with van der Waals surface area (Å²) in [4.78, 5) is 38.3. The highest BCUT2D eigenvalue weighted by Crippen LogP contribution is 2.23. The number of rotatable bonds is 3. The Kier molecular flexibility index (Phi) is 3.76. The van der Waals surface area contributed by atoms with Gasteiger partial charge in [-0.15, -0.1) is 0 Å². The third-order valence-corrected chi connectivity index (χ3v) is 4.57. The van der Waals surface area contributed by atoms with Crippen LogP contribution in [0.4, 0.5) is 0 Å². The highest BCUT2D eigenvalue weighted by Gasteiger charge is 2.39. The van der Waals surface area contributed by atoms with Crippen LogP contribution in [0.5, 0.6) is 0 Å². The Hall–Kier alpha value is -3.48. The number of amides is 1. The van der Waals surface area contributed by atoms with Crippen molar-refractivity contribution in [2.45, 2.75) is 12.5 Å². The number of hydrogen-bond donors (Lipinski definition) is 1. The summed E-state index contributed by atoms with van der Waals surface area (Å²) in [6, 6.07) is 14.7. The van der Waals surface area contributed by atoms with E-state index in [0.717, 1.165) is 0 Å². The molecule has 1 aromatic heterocycles. The molecule has 0 spiro atoms. The molecule has 0 aliphatic carbocycles. The standard InChI is InChI=1S/C19H15N3O4/c23-17-14-9-5-4-8-13(14)16(18(24)21-11-10-15(21)19(25)26)20-22(17)12-6-2-1-3-7-12/h1-9,15H,10-11H2,(H,25,26)/t15-/m1/s1. The number of carbonyl (C=O) groups excluding carboxylic acids is 1. The Morgan fingerprint density at radius 2 is 1.65 bits per heavy atom. The number of benzene rings is 2. The molecular weight excluding hydrogens is 334 g/mol. The van der Waals surface area contributed by atoms with Crippen molar-refractivity contribution in [2.24, 2.45) is 0 Å². The first kappa shape index (κ1) is 16.0. The van der Waals surface area contributed by atoms with Crippen LogP contribution in [0.1, 0.15) is 16.9 Å². The number of aliphatic carboxylic acids is 1. The van der Waals surface area contributed by atoms with Gasteiger partial charge in [0.05, 0.1) is 11.1 Å². The Balaban J connectivity index is 1.92. The molecular formula is C19H15N3O4. The van der Waals surface area contributed by atoms with Gasteiger partial charge in [0.15, 0.2) is 5.69 Å². The van der Waals surface area contributed by atoms with Crippen LogP contribution < -0.4 is 5.56 Å². The van der Waals surface area contributed by atoms with Gasteiger partial charge in [0.2, 0.25) is 0 Å². The predicted molar refractivity (Wildman–Crippen MR) is 94.4 cm³/mol. The maximum Gasteiger partial charge on any atom is 0.326 e. The number of nitrogens with zero attached hydrogens (tertiary/aromatic N) is 3. The summed E-state index contributed by atoms with van der Waals surface area (Å²) in [7, 11) is 0. The third-order valence-electron chi connectivity index (χ3n) is 4.57. The van der Waals surface area contributed by atoms with Gasteiger partial charge < -0.3 is 10.0 Å². The third kappa shape index (κ3) is 2.45. The molecule has 0 unspecified atom stereocenters. The highest BCUT2D eigenvalue weighted by atomic mass is 16.4. The molecule has 4 rings (SSSR count). The van der Waals surface area contributed by atoms with Crippen molar-refractivity contribution >= 4 is 22.6 Å². The van der Waals surface area contributed by atoms with E-state index in [1.807, 2.05) is 6.07 Å². The second-order valence-corrected chi connectivity index (χ2v) is 6.09. The highest BCUT2D eigenvalue weighted by molar-refractivity contribution is 6.06. The number of carbonyl (C=O) groups is 2. The fourth-order valence-electron chi connectivity index (χ4n) is 3.11. The van der Waals surface area contributed by atoms with E-state index in [9.17, 15) is 19.5 Å². The summed E-state index contributed by atoms with van der Waals surface area (Å²) in [6.07, 6.45) is 0.414. The SMILES string of the molecule is O=C(O)[C@H]1CCN1C(=O)c1nn(-c2ccccc2)c(=O)c2ccccc12. The van der Waals surface area contributed by atoms with E-state index in [2.05, 4.69) is 5.10 Å². The summed E-state index contributed by atoms with van der Waals surface area (Å²) < 4.78 is 1.19. The van der Waals surface area contributed by atoms with Gasteiger partial charge in [0, 0.05) is 11.9 Å². The molecule has 7 nitrogen and oxygen atoms in total. The van der Waals surface area contributed by atoms with Crippen molar-refractivity contribution in [1.82, 2.24) is 14.7 Å². The molecule has 2 heterocycles. The Bertz CT molecular complexity index is 1080.